The second-order valence-corrected chi connectivity index (χ2v) is 9.61. The van der Waals surface area contributed by atoms with Crippen molar-refractivity contribution in [2.75, 3.05) is 11.9 Å². The van der Waals surface area contributed by atoms with E-state index in [1.807, 2.05) is 6.92 Å². The first-order valence-corrected chi connectivity index (χ1v) is 11.0. The fourth-order valence-corrected chi connectivity index (χ4v) is 4.73. The summed E-state index contributed by atoms with van der Waals surface area (Å²) in [6.45, 7) is 6.80. The molecule has 2 aliphatic rings. The molecule has 4 rings (SSSR count). The van der Waals surface area contributed by atoms with Crippen LogP contribution < -0.4 is 10.0 Å². The summed E-state index contributed by atoms with van der Waals surface area (Å²) in [5.41, 5.74) is 8.20. The van der Waals surface area contributed by atoms with Crippen molar-refractivity contribution in [3.63, 3.8) is 0 Å². The van der Waals surface area contributed by atoms with Crippen LogP contribution in [0.3, 0.4) is 0 Å². The van der Waals surface area contributed by atoms with Crippen LogP contribution in [0.1, 0.15) is 42.0 Å². The summed E-state index contributed by atoms with van der Waals surface area (Å²) in [4.78, 5) is 0.369. The summed E-state index contributed by atoms with van der Waals surface area (Å²) in [7, 11) is -3.39. The molecule has 0 aromatic heterocycles. The molecule has 0 unspecified atom stereocenters. The van der Waals surface area contributed by atoms with Gasteiger partial charge in [0.1, 0.15) is 0 Å². The number of hydrogen-bond acceptors (Lipinski definition) is 3. The van der Waals surface area contributed by atoms with E-state index in [9.17, 15) is 8.42 Å². The van der Waals surface area contributed by atoms with E-state index >= 15 is 0 Å². The van der Waals surface area contributed by atoms with E-state index < -0.39 is 10.0 Å². The van der Waals surface area contributed by atoms with E-state index in [1.165, 1.54) is 22.4 Å². The van der Waals surface area contributed by atoms with E-state index in [1.54, 1.807) is 13.0 Å². The minimum atomic E-state index is -3.39. The zero-order valence-electron chi connectivity index (χ0n) is 16.1. The highest BCUT2D eigenvalue weighted by Crippen LogP contribution is 2.32. The van der Waals surface area contributed by atoms with E-state index in [4.69, 9.17) is 0 Å². The van der Waals surface area contributed by atoms with Crippen molar-refractivity contribution in [2.24, 2.45) is 0 Å². The highest BCUT2D eigenvalue weighted by atomic mass is 32.2. The number of fused-ring (bicyclic) bond motifs is 1. The Kier molecular flexibility index (Phi) is 4.60. The summed E-state index contributed by atoms with van der Waals surface area (Å²) in [5.74, 6) is 0. The van der Waals surface area contributed by atoms with Gasteiger partial charge in [-0.25, -0.2) is 13.1 Å². The highest BCUT2D eigenvalue weighted by Gasteiger charge is 2.27. The molecular weight excluding hydrogens is 356 g/mol. The molecule has 5 heteroatoms. The Balaban J connectivity index is 1.67. The Hall–Kier alpha value is -2.11. The van der Waals surface area contributed by atoms with Gasteiger partial charge in [-0.15, -0.1) is 0 Å². The van der Waals surface area contributed by atoms with E-state index in [2.05, 4.69) is 47.3 Å². The SMILES string of the molecule is C/C(=C\c1cc(C)c(-c2ccc3c(c2)CCN3)cc1C)S(=O)(=O)NC1CC1. The standard InChI is InChI=1S/C22H26N2O2S/c1-14-11-21(17-4-7-22-18(13-17)8-9-23-22)15(2)10-19(14)12-16(3)27(25,26)24-20-5-6-20/h4,7,10-13,20,23-24H,5-6,8-9H2,1-3H3/b16-12+. The lowest BCUT2D eigenvalue weighted by molar-refractivity contribution is 0.588. The van der Waals surface area contributed by atoms with Gasteiger partial charge in [0.05, 0.1) is 4.91 Å². The Bertz CT molecular complexity index is 1030. The molecule has 1 aliphatic carbocycles. The van der Waals surface area contributed by atoms with Gasteiger partial charge in [-0.1, -0.05) is 18.2 Å². The van der Waals surface area contributed by atoms with Crippen molar-refractivity contribution in [1.29, 1.82) is 0 Å². The van der Waals surface area contributed by atoms with Crippen LogP contribution in [0.15, 0.2) is 35.2 Å². The minimum Gasteiger partial charge on any atom is -0.384 e. The number of sulfonamides is 1. The van der Waals surface area contributed by atoms with Gasteiger partial charge in [0, 0.05) is 18.3 Å². The van der Waals surface area contributed by atoms with Crippen LogP contribution in [-0.4, -0.2) is 21.0 Å². The first-order chi connectivity index (χ1) is 12.8. The second-order valence-electron chi connectivity index (χ2n) is 7.72. The highest BCUT2D eigenvalue weighted by molar-refractivity contribution is 7.93. The van der Waals surface area contributed by atoms with Gasteiger partial charge in [-0.2, -0.15) is 0 Å². The quantitative estimate of drug-likeness (QED) is 0.807. The van der Waals surface area contributed by atoms with Crippen molar-refractivity contribution < 1.29 is 8.42 Å². The Morgan fingerprint density at radius 3 is 2.67 bits per heavy atom. The van der Waals surface area contributed by atoms with Crippen LogP contribution in [0.4, 0.5) is 5.69 Å². The zero-order chi connectivity index (χ0) is 19.2. The molecule has 4 nitrogen and oxygen atoms in total. The summed E-state index contributed by atoms with van der Waals surface area (Å²) in [6.07, 6.45) is 4.72. The van der Waals surface area contributed by atoms with Crippen LogP contribution in [0.25, 0.3) is 17.2 Å². The fourth-order valence-electron chi connectivity index (χ4n) is 3.59. The number of benzene rings is 2. The lowest BCUT2D eigenvalue weighted by atomic mass is 9.93. The number of nitrogens with one attached hydrogen (secondary N) is 2. The van der Waals surface area contributed by atoms with Crippen LogP contribution in [0.5, 0.6) is 0 Å². The first kappa shape index (κ1) is 18.3. The van der Waals surface area contributed by atoms with Crippen molar-refractivity contribution in [3.05, 3.63) is 57.5 Å². The van der Waals surface area contributed by atoms with Gasteiger partial charge >= 0.3 is 0 Å². The van der Waals surface area contributed by atoms with Crippen LogP contribution in [-0.2, 0) is 16.4 Å². The molecule has 0 bridgehead atoms. The number of rotatable bonds is 5. The Morgan fingerprint density at radius 1 is 1.15 bits per heavy atom. The Labute approximate surface area is 161 Å². The molecule has 0 saturated heterocycles. The van der Waals surface area contributed by atoms with Gasteiger partial charge in [0.15, 0.2) is 0 Å². The van der Waals surface area contributed by atoms with E-state index in [-0.39, 0.29) is 6.04 Å². The zero-order valence-corrected chi connectivity index (χ0v) is 16.9. The second kappa shape index (κ2) is 6.80. The largest absolute Gasteiger partial charge is 0.384 e. The maximum Gasteiger partial charge on any atom is 0.236 e. The maximum absolute atomic E-state index is 12.4. The fraction of sp³-hybridized carbons (Fsp3) is 0.364. The first-order valence-electron chi connectivity index (χ1n) is 9.52. The van der Waals surface area contributed by atoms with Crippen LogP contribution >= 0.6 is 0 Å². The van der Waals surface area contributed by atoms with Gasteiger partial charge < -0.3 is 5.32 Å². The molecule has 142 valence electrons. The molecule has 1 aliphatic heterocycles. The summed E-state index contributed by atoms with van der Waals surface area (Å²) >= 11 is 0. The van der Waals surface area contributed by atoms with Gasteiger partial charge in [0.2, 0.25) is 10.0 Å². The molecule has 27 heavy (non-hydrogen) atoms. The number of hydrogen-bond donors (Lipinski definition) is 2. The van der Waals surface area contributed by atoms with E-state index in [0.29, 0.717) is 4.91 Å². The van der Waals surface area contributed by atoms with Crippen molar-refractivity contribution >= 4 is 21.8 Å². The monoisotopic (exact) mass is 382 g/mol. The van der Waals surface area contributed by atoms with Crippen molar-refractivity contribution in [2.45, 2.75) is 46.1 Å². The molecule has 0 radical (unpaired) electrons. The van der Waals surface area contributed by atoms with Crippen LogP contribution in [0.2, 0.25) is 0 Å². The third kappa shape index (κ3) is 3.80. The summed E-state index contributed by atoms with van der Waals surface area (Å²) < 4.78 is 27.5. The Morgan fingerprint density at radius 2 is 1.93 bits per heavy atom. The average Bonchev–Trinajstić information content (AvgIpc) is 3.29. The predicted molar refractivity (Wildman–Crippen MR) is 112 cm³/mol. The molecule has 0 spiro atoms. The lowest BCUT2D eigenvalue weighted by Crippen LogP contribution is -2.26. The molecule has 1 fully saturated rings. The number of allylic oxidation sites excluding steroid dienone is 1. The summed E-state index contributed by atoms with van der Waals surface area (Å²) in [6, 6.07) is 11.0. The summed E-state index contributed by atoms with van der Waals surface area (Å²) in [5, 5.41) is 3.40. The number of aryl methyl sites for hydroxylation is 2. The van der Waals surface area contributed by atoms with Gasteiger partial charge in [-0.3, -0.25) is 0 Å². The third-order valence-electron chi connectivity index (χ3n) is 5.42. The van der Waals surface area contributed by atoms with Gasteiger partial charge in [-0.05, 0) is 91.6 Å². The average molecular weight is 383 g/mol. The molecule has 0 amide bonds. The van der Waals surface area contributed by atoms with E-state index in [0.717, 1.165) is 42.5 Å². The number of anilines is 1. The smallest absolute Gasteiger partial charge is 0.236 e. The maximum atomic E-state index is 12.4. The molecular formula is C22H26N2O2S. The molecule has 0 atom stereocenters. The normalized spacial score (nSPS) is 16.9. The minimum absolute atomic E-state index is 0.123. The predicted octanol–water partition coefficient (Wildman–Crippen LogP) is 4.38. The van der Waals surface area contributed by atoms with Crippen molar-refractivity contribution in [1.82, 2.24) is 4.72 Å². The molecule has 2 N–H and O–H groups in total. The van der Waals surface area contributed by atoms with Crippen LogP contribution in [0, 0.1) is 13.8 Å². The lowest BCUT2D eigenvalue weighted by Gasteiger charge is -2.13. The molecule has 1 saturated carbocycles. The topological polar surface area (TPSA) is 58.2 Å². The van der Waals surface area contributed by atoms with Crippen molar-refractivity contribution in [3.8, 4) is 11.1 Å². The molecule has 2 aromatic carbocycles. The third-order valence-corrected chi connectivity index (χ3v) is 7.03. The van der Waals surface area contributed by atoms with Gasteiger partial charge in [0.25, 0.3) is 0 Å². The molecule has 2 aromatic rings. The molecule has 1 heterocycles.